The van der Waals surface area contributed by atoms with E-state index in [1.807, 2.05) is 0 Å². The molecule has 3 aromatic rings. The second-order valence-corrected chi connectivity index (χ2v) is 9.29. The van der Waals surface area contributed by atoms with Gasteiger partial charge in [0.25, 0.3) is 5.89 Å². The first-order chi connectivity index (χ1) is 14.8. The normalized spacial score (nSPS) is 15.7. The number of benzene rings is 2. The summed E-state index contributed by atoms with van der Waals surface area (Å²) in [6.45, 7) is 2.04. The van der Waals surface area contributed by atoms with Gasteiger partial charge in [-0.3, -0.25) is 4.79 Å². The molecule has 1 N–H and O–H groups in total. The quantitative estimate of drug-likeness (QED) is 0.647. The molecule has 0 atom stereocenters. The minimum atomic E-state index is -3.64. The van der Waals surface area contributed by atoms with Gasteiger partial charge in [0, 0.05) is 37.2 Å². The Kier molecular flexibility index (Phi) is 5.84. The zero-order chi connectivity index (χ0) is 22.0. The molecule has 1 aliphatic rings. The number of piperidine rings is 1. The lowest BCUT2D eigenvalue weighted by Crippen LogP contribution is -2.38. The number of carbonyl (C=O) groups is 1. The standard InChI is InChI=1S/C21H21FN4O4S/c1-14(27)23-18-5-7-19(8-6-18)31(28,29)26-11-9-15(10-12-26)20-24-21(30-25-20)16-3-2-4-17(22)13-16/h2-8,13,15H,9-12H2,1H3,(H,23,27). The van der Waals surface area contributed by atoms with Gasteiger partial charge in [-0.15, -0.1) is 0 Å². The van der Waals surface area contributed by atoms with E-state index >= 15 is 0 Å². The van der Waals surface area contributed by atoms with E-state index in [9.17, 15) is 17.6 Å². The summed E-state index contributed by atoms with van der Waals surface area (Å²) in [7, 11) is -3.64. The number of nitrogens with one attached hydrogen (secondary N) is 1. The second-order valence-electron chi connectivity index (χ2n) is 7.35. The average molecular weight is 444 g/mol. The Bertz CT molecular complexity index is 1190. The van der Waals surface area contributed by atoms with Gasteiger partial charge in [0.2, 0.25) is 15.9 Å². The summed E-state index contributed by atoms with van der Waals surface area (Å²) in [4.78, 5) is 15.7. The third kappa shape index (κ3) is 4.64. The molecule has 0 saturated carbocycles. The lowest BCUT2D eigenvalue weighted by molar-refractivity contribution is -0.114. The maximum Gasteiger partial charge on any atom is 0.258 e. The summed E-state index contributed by atoms with van der Waals surface area (Å²) in [5.74, 6) is 0.0833. The lowest BCUT2D eigenvalue weighted by atomic mass is 9.97. The summed E-state index contributed by atoms with van der Waals surface area (Å²) in [6.07, 6.45) is 1.09. The average Bonchev–Trinajstić information content (AvgIpc) is 3.24. The fourth-order valence-corrected chi connectivity index (χ4v) is 5.03. The minimum absolute atomic E-state index is 0.0420. The van der Waals surface area contributed by atoms with E-state index < -0.39 is 10.0 Å². The molecule has 0 radical (unpaired) electrons. The number of amides is 1. The van der Waals surface area contributed by atoms with Gasteiger partial charge < -0.3 is 9.84 Å². The Morgan fingerprint density at radius 1 is 1.16 bits per heavy atom. The molecule has 31 heavy (non-hydrogen) atoms. The topological polar surface area (TPSA) is 105 Å². The van der Waals surface area contributed by atoms with E-state index in [2.05, 4.69) is 15.5 Å². The fourth-order valence-electron chi connectivity index (χ4n) is 3.56. The number of hydrogen-bond acceptors (Lipinski definition) is 6. The van der Waals surface area contributed by atoms with Crippen LogP contribution in [-0.2, 0) is 14.8 Å². The van der Waals surface area contributed by atoms with Crippen LogP contribution in [0.4, 0.5) is 10.1 Å². The van der Waals surface area contributed by atoms with E-state index in [1.165, 1.54) is 35.5 Å². The number of hydrogen-bond donors (Lipinski definition) is 1. The van der Waals surface area contributed by atoms with Gasteiger partial charge in [-0.2, -0.15) is 9.29 Å². The van der Waals surface area contributed by atoms with Crippen molar-refractivity contribution in [1.82, 2.24) is 14.4 Å². The number of rotatable bonds is 5. The highest BCUT2D eigenvalue weighted by molar-refractivity contribution is 7.89. The molecule has 2 heterocycles. The summed E-state index contributed by atoms with van der Waals surface area (Å²) >= 11 is 0. The molecule has 0 unspecified atom stereocenters. The molecule has 1 aliphatic heterocycles. The van der Waals surface area contributed by atoms with E-state index in [1.54, 1.807) is 24.3 Å². The molecule has 1 saturated heterocycles. The van der Waals surface area contributed by atoms with Crippen molar-refractivity contribution in [2.45, 2.75) is 30.6 Å². The van der Waals surface area contributed by atoms with Crippen LogP contribution in [-0.4, -0.2) is 41.9 Å². The first-order valence-corrected chi connectivity index (χ1v) is 11.2. The Hall–Kier alpha value is -3.11. The van der Waals surface area contributed by atoms with E-state index in [0.717, 1.165) is 0 Å². The van der Waals surface area contributed by atoms with Crippen LogP contribution < -0.4 is 5.32 Å². The van der Waals surface area contributed by atoms with E-state index in [-0.39, 0.29) is 28.4 Å². The van der Waals surface area contributed by atoms with Crippen LogP contribution in [0.15, 0.2) is 57.9 Å². The van der Waals surface area contributed by atoms with Crippen LogP contribution in [0.2, 0.25) is 0 Å². The molecule has 162 valence electrons. The summed E-state index contributed by atoms with van der Waals surface area (Å²) < 4.78 is 46.0. The molecular weight excluding hydrogens is 423 g/mol. The Balaban J connectivity index is 1.42. The molecular formula is C21H21FN4O4S. The van der Waals surface area contributed by atoms with Gasteiger partial charge in [-0.25, -0.2) is 12.8 Å². The van der Waals surface area contributed by atoms with Crippen molar-refractivity contribution in [3.63, 3.8) is 0 Å². The summed E-state index contributed by atoms with van der Waals surface area (Å²) in [5, 5.41) is 6.63. The molecule has 1 aromatic heterocycles. The number of halogens is 1. The van der Waals surface area contributed by atoms with Crippen molar-refractivity contribution in [3.8, 4) is 11.5 Å². The smallest absolute Gasteiger partial charge is 0.258 e. The molecule has 2 aromatic carbocycles. The van der Waals surface area contributed by atoms with Crippen LogP contribution in [0.5, 0.6) is 0 Å². The van der Waals surface area contributed by atoms with Crippen LogP contribution in [0, 0.1) is 5.82 Å². The molecule has 0 aliphatic carbocycles. The van der Waals surface area contributed by atoms with Crippen LogP contribution in [0.1, 0.15) is 31.5 Å². The maximum atomic E-state index is 13.4. The lowest BCUT2D eigenvalue weighted by Gasteiger charge is -2.29. The van der Waals surface area contributed by atoms with Gasteiger partial charge in [0.1, 0.15) is 5.82 Å². The molecule has 1 amide bonds. The zero-order valence-electron chi connectivity index (χ0n) is 16.8. The van der Waals surface area contributed by atoms with Crippen molar-refractivity contribution in [3.05, 3.63) is 60.2 Å². The van der Waals surface area contributed by atoms with Crippen molar-refractivity contribution in [1.29, 1.82) is 0 Å². The highest BCUT2D eigenvalue weighted by atomic mass is 32.2. The SMILES string of the molecule is CC(=O)Nc1ccc(S(=O)(=O)N2CCC(c3noc(-c4cccc(F)c4)n3)CC2)cc1. The summed E-state index contributed by atoms with van der Waals surface area (Å²) in [6, 6.07) is 12.0. The predicted octanol–water partition coefficient (Wildman–Crippen LogP) is 3.40. The van der Waals surface area contributed by atoms with Gasteiger partial charge in [0.15, 0.2) is 5.82 Å². The fraction of sp³-hybridized carbons (Fsp3) is 0.286. The summed E-state index contributed by atoms with van der Waals surface area (Å²) in [5.41, 5.74) is 1.04. The third-order valence-corrected chi connectivity index (χ3v) is 7.06. The van der Waals surface area contributed by atoms with Gasteiger partial charge >= 0.3 is 0 Å². The van der Waals surface area contributed by atoms with Crippen molar-refractivity contribution < 1.29 is 22.1 Å². The predicted molar refractivity (Wildman–Crippen MR) is 111 cm³/mol. The van der Waals surface area contributed by atoms with Crippen LogP contribution in [0.3, 0.4) is 0 Å². The Morgan fingerprint density at radius 2 is 1.87 bits per heavy atom. The van der Waals surface area contributed by atoms with Gasteiger partial charge in [-0.05, 0) is 55.3 Å². The first kappa shape index (κ1) is 21.1. The maximum absolute atomic E-state index is 13.4. The van der Waals surface area contributed by atoms with Crippen LogP contribution >= 0.6 is 0 Å². The van der Waals surface area contributed by atoms with Crippen molar-refractivity contribution >= 4 is 21.6 Å². The number of sulfonamides is 1. The van der Waals surface area contributed by atoms with Crippen LogP contribution in [0.25, 0.3) is 11.5 Å². The van der Waals surface area contributed by atoms with E-state index in [0.29, 0.717) is 43.0 Å². The third-order valence-electron chi connectivity index (χ3n) is 5.14. The molecule has 4 rings (SSSR count). The van der Waals surface area contributed by atoms with Gasteiger partial charge in [0.05, 0.1) is 4.90 Å². The number of carbonyl (C=O) groups excluding carboxylic acids is 1. The Labute approximate surface area is 179 Å². The molecule has 0 bridgehead atoms. The molecule has 0 spiro atoms. The zero-order valence-corrected chi connectivity index (χ0v) is 17.6. The monoisotopic (exact) mass is 444 g/mol. The minimum Gasteiger partial charge on any atom is -0.334 e. The van der Waals surface area contributed by atoms with Gasteiger partial charge in [-0.1, -0.05) is 11.2 Å². The highest BCUT2D eigenvalue weighted by Crippen LogP contribution is 2.31. The largest absolute Gasteiger partial charge is 0.334 e. The second kappa shape index (κ2) is 8.56. The first-order valence-electron chi connectivity index (χ1n) is 9.80. The van der Waals surface area contributed by atoms with Crippen molar-refractivity contribution in [2.75, 3.05) is 18.4 Å². The molecule has 1 fully saturated rings. The van der Waals surface area contributed by atoms with Crippen molar-refractivity contribution in [2.24, 2.45) is 0 Å². The molecule has 10 heteroatoms. The van der Waals surface area contributed by atoms with E-state index in [4.69, 9.17) is 4.52 Å². The number of anilines is 1. The number of aromatic nitrogens is 2. The highest BCUT2D eigenvalue weighted by Gasteiger charge is 2.32. The number of nitrogens with zero attached hydrogens (tertiary/aromatic N) is 3. The molecule has 8 nitrogen and oxygen atoms in total. The Morgan fingerprint density at radius 3 is 2.52 bits per heavy atom.